The van der Waals surface area contributed by atoms with E-state index < -0.39 is 0 Å². The van der Waals surface area contributed by atoms with E-state index in [1.54, 1.807) is 0 Å². The largest absolute Gasteiger partial charge is 0.311 e. The highest BCUT2D eigenvalue weighted by Gasteiger charge is 2.25. The first-order valence-corrected chi connectivity index (χ1v) is 6.70. The van der Waals surface area contributed by atoms with Crippen LogP contribution in [0.4, 0.5) is 0 Å². The van der Waals surface area contributed by atoms with Crippen molar-refractivity contribution in [1.82, 2.24) is 10.2 Å². The van der Waals surface area contributed by atoms with Gasteiger partial charge in [0.25, 0.3) is 0 Å². The summed E-state index contributed by atoms with van der Waals surface area (Å²) in [7, 11) is 0. The molecule has 1 fully saturated rings. The van der Waals surface area contributed by atoms with Crippen molar-refractivity contribution < 1.29 is 0 Å². The van der Waals surface area contributed by atoms with Gasteiger partial charge in [-0.25, -0.2) is 0 Å². The van der Waals surface area contributed by atoms with Crippen molar-refractivity contribution in [3.05, 3.63) is 0 Å². The van der Waals surface area contributed by atoms with Crippen LogP contribution in [0.3, 0.4) is 0 Å². The van der Waals surface area contributed by atoms with Crippen LogP contribution in [0.15, 0.2) is 0 Å². The van der Waals surface area contributed by atoms with Gasteiger partial charge in [-0.05, 0) is 19.3 Å². The monoisotopic (exact) mass is 212 g/mol. The van der Waals surface area contributed by atoms with Gasteiger partial charge in [-0.15, -0.1) is 0 Å². The summed E-state index contributed by atoms with van der Waals surface area (Å²) in [4.78, 5) is 2.68. The molecule has 1 aliphatic heterocycles. The van der Waals surface area contributed by atoms with Crippen LogP contribution in [0.1, 0.15) is 47.0 Å². The van der Waals surface area contributed by atoms with Crippen LogP contribution in [0, 0.1) is 5.92 Å². The second kappa shape index (κ2) is 6.49. The summed E-state index contributed by atoms with van der Waals surface area (Å²) in [6.07, 6.45) is 3.89. The summed E-state index contributed by atoms with van der Waals surface area (Å²) in [5, 5.41) is 3.59. The highest BCUT2D eigenvalue weighted by molar-refractivity contribution is 4.83. The van der Waals surface area contributed by atoms with Crippen molar-refractivity contribution >= 4 is 0 Å². The third-order valence-electron chi connectivity index (χ3n) is 4.09. The summed E-state index contributed by atoms with van der Waals surface area (Å²) in [6, 6.07) is 1.48. The van der Waals surface area contributed by atoms with Gasteiger partial charge in [-0.2, -0.15) is 0 Å². The van der Waals surface area contributed by atoms with E-state index in [-0.39, 0.29) is 0 Å². The molecule has 0 radical (unpaired) electrons. The summed E-state index contributed by atoms with van der Waals surface area (Å²) >= 11 is 0. The van der Waals surface area contributed by atoms with E-state index in [9.17, 15) is 0 Å². The highest BCUT2D eigenvalue weighted by Crippen LogP contribution is 2.19. The van der Waals surface area contributed by atoms with E-state index in [0.717, 1.165) is 18.0 Å². The highest BCUT2D eigenvalue weighted by atomic mass is 15.2. The number of hydrogen-bond donors (Lipinski definition) is 1. The Balaban J connectivity index is 2.47. The van der Waals surface area contributed by atoms with Crippen molar-refractivity contribution in [2.45, 2.75) is 59.0 Å². The molecule has 0 aromatic carbocycles. The van der Waals surface area contributed by atoms with E-state index in [2.05, 4.69) is 37.9 Å². The van der Waals surface area contributed by atoms with Crippen LogP contribution in [0.5, 0.6) is 0 Å². The Morgan fingerprint density at radius 1 is 1.27 bits per heavy atom. The van der Waals surface area contributed by atoms with Crippen LogP contribution >= 0.6 is 0 Å². The zero-order valence-corrected chi connectivity index (χ0v) is 10.9. The average molecular weight is 212 g/mol. The van der Waals surface area contributed by atoms with E-state index >= 15 is 0 Å². The fourth-order valence-corrected chi connectivity index (χ4v) is 2.76. The molecule has 0 aromatic rings. The molecule has 90 valence electrons. The Morgan fingerprint density at radius 3 is 2.47 bits per heavy atom. The van der Waals surface area contributed by atoms with E-state index in [4.69, 9.17) is 0 Å². The zero-order valence-electron chi connectivity index (χ0n) is 10.9. The molecule has 2 unspecified atom stereocenters. The van der Waals surface area contributed by atoms with Crippen LogP contribution < -0.4 is 5.32 Å². The van der Waals surface area contributed by atoms with Gasteiger partial charge in [-0.3, -0.25) is 4.90 Å². The molecule has 1 rings (SSSR count). The quantitative estimate of drug-likeness (QED) is 0.753. The third-order valence-corrected chi connectivity index (χ3v) is 4.09. The number of nitrogens with one attached hydrogen (secondary N) is 1. The standard InChI is InChI=1S/C13H28N2/c1-5-12(6-2)11(4)15-9-8-14-13(7-3)10-15/h11-14H,5-10H2,1-4H3. The first-order chi connectivity index (χ1) is 7.22. The molecule has 2 atom stereocenters. The molecule has 1 heterocycles. The molecule has 2 heteroatoms. The fraction of sp³-hybridized carbons (Fsp3) is 1.00. The Hall–Kier alpha value is -0.0800. The van der Waals surface area contributed by atoms with Gasteiger partial charge in [0.15, 0.2) is 0 Å². The lowest BCUT2D eigenvalue weighted by molar-refractivity contribution is 0.108. The molecular formula is C13H28N2. The Bertz CT molecular complexity index is 166. The first kappa shape index (κ1) is 13.0. The SMILES string of the molecule is CCC1CN(C(C)C(CC)CC)CCN1. The number of hydrogen-bond acceptors (Lipinski definition) is 2. The molecule has 1 saturated heterocycles. The Morgan fingerprint density at radius 2 is 1.93 bits per heavy atom. The molecule has 2 nitrogen and oxygen atoms in total. The first-order valence-electron chi connectivity index (χ1n) is 6.70. The van der Waals surface area contributed by atoms with Crippen molar-refractivity contribution in [3.8, 4) is 0 Å². The van der Waals surface area contributed by atoms with E-state index in [1.807, 2.05) is 0 Å². The van der Waals surface area contributed by atoms with Crippen molar-refractivity contribution in [2.75, 3.05) is 19.6 Å². The van der Waals surface area contributed by atoms with Crippen LogP contribution in [-0.4, -0.2) is 36.6 Å². The maximum Gasteiger partial charge on any atom is 0.0193 e. The average Bonchev–Trinajstić information content (AvgIpc) is 2.30. The maximum absolute atomic E-state index is 3.59. The molecular weight excluding hydrogens is 184 g/mol. The maximum atomic E-state index is 3.59. The fourth-order valence-electron chi connectivity index (χ4n) is 2.76. The second-order valence-electron chi connectivity index (χ2n) is 4.87. The lowest BCUT2D eigenvalue weighted by atomic mass is 9.93. The molecule has 0 saturated carbocycles. The van der Waals surface area contributed by atoms with Gasteiger partial charge in [0, 0.05) is 31.7 Å². The van der Waals surface area contributed by atoms with Crippen molar-refractivity contribution in [3.63, 3.8) is 0 Å². The Kier molecular flexibility index (Phi) is 5.62. The predicted octanol–water partition coefficient (Wildman–Crippen LogP) is 2.49. The lowest BCUT2D eigenvalue weighted by Gasteiger charge is -2.40. The van der Waals surface area contributed by atoms with Crippen LogP contribution in [0.2, 0.25) is 0 Å². The van der Waals surface area contributed by atoms with Gasteiger partial charge in [0.2, 0.25) is 0 Å². The third kappa shape index (κ3) is 3.46. The predicted molar refractivity (Wildman–Crippen MR) is 67.2 cm³/mol. The van der Waals surface area contributed by atoms with Gasteiger partial charge >= 0.3 is 0 Å². The smallest absolute Gasteiger partial charge is 0.0193 e. The molecule has 0 aromatic heterocycles. The summed E-state index contributed by atoms with van der Waals surface area (Å²) in [5.74, 6) is 0.876. The number of piperazine rings is 1. The summed E-state index contributed by atoms with van der Waals surface area (Å²) < 4.78 is 0. The minimum absolute atomic E-state index is 0.718. The van der Waals surface area contributed by atoms with Gasteiger partial charge < -0.3 is 5.32 Å². The number of nitrogens with zero attached hydrogens (tertiary/aromatic N) is 1. The van der Waals surface area contributed by atoms with Crippen molar-refractivity contribution in [1.29, 1.82) is 0 Å². The van der Waals surface area contributed by atoms with Gasteiger partial charge in [0.05, 0.1) is 0 Å². The molecule has 1 aliphatic rings. The van der Waals surface area contributed by atoms with Crippen molar-refractivity contribution in [2.24, 2.45) is 5.92 Å². The van der Waals surface area contributed by atoms with Gasteiger partial charge in [-0.1, -0.05) is 33.6 Å². The Labute approximate surface area is 95.4 Å². The summed E-state index contributed by atoms with van der Waals surface area (Å²) in [5.41, 5.74) is 0. The molecule has 15 heavy (non-hydrogen) atoms. The minimum atomic E-state index is 0.718. The molecule has 0 bridgehead atoms. The molecule has 0 amide bonds. The van der Waals surface area contributed by atoms with Crippen LogP contribution in [-0.2, 0) is 0 Å². The topological polar surface area (TPSA) is 15.3 Å². The molecule has 0 spiro atoms. The lowest BCUT2D eigenvalue weighted by Crippen LogP contribution is -2.54. The number of rotatable bonds is 5. The van der Waals surface area contributed by atoms with E-state index in [0.29, 0.717) is 0 Å². The van der Waals surface area contributed by atoms with Crippen LogP contribution in [0.25, 0.3) is 0 Å². The molecule has 0 aliphatic carbocycles. The van der Waals surface area contributed by atoms with E-state index in [1.165, 1.54) is 38.9 Å². The summed E-state index contributed by atoms with van der Waals surface area (Å²) in [6.45, 7) is 13.0. The second-order valence-corrected chi connectivity index (χ2v) is 4.87. The minimum Gasteiger partial charge on any atom is -0.311 e. The normalized spacial score (nSPS) is 25.8. The zero-order chi connectivity index (χ0) is 11.3. The van der Waals surface area contributed by atoms with Gasteiger partial charge in [0.1, 0.15) is 0 Å². The molecule has 1 N–H and O–H groups in total.